The molecular weight excluding hydrogens is 414 g/mol. The third-order valence-electron chi connectivity index (χ3n) is 6.48. The highest BCUT2D eigenvalue weighted by atomic mass is 16.5. The molecule has 1 amide bonds. The van der Waals surface area contributed by atoms with Crippen LogP contribution < -0.4 is 4.74 Å². The summed E-state index contributed by atoms with van der Waals surface area (Å²) >= 11 is 0. The zero-order valence-electron chi connectivity index (χ0n) is 20.0. The lowest BCUT2D eigenvalue weighted by molar-refractivity contribution is -0.134. The van der Waals surface area contributed by atoms with Gasteiger partial charge in [-0.15, -0.1) is 0 Å². The monoisotopic (exact) mass is 447 g/mol. The molecule has 0 saturated heterocycles. The summed E-state index contributed by atoms with van der Waals surface area (Å²) in [4.78, 5) is 19.7. The van der Waals surface area contributed by atoms with Crippen LogP contribution in [-0.4, -0.2) is 34.1 Å². The van der Waals surface area contributed by atoms with E-state index < -0.39 is 0 Å². The van der Waals surface area contributed by atoms with E-state index in [2.05, 4.69) is 43.0 Å². The molecule has 1 aromatic heterocycles. The van der Waals surface area contributed by atoms with Crippen LogP contribution in [0.3, 0.4) is 0 Å². The maximum Gasteiger partial charge on any atom is 0.227 e. The molecule has 3 aromatic rings. The van der Waals surface area contributed by atoms with Crippen molar-refractivity contribution in [2.24, 2.45) is 5.92 Å². The molecule has 2 aromatic carbocycles. The van der Waals surface area contributed by atoms with E-state index in [4.69, 9.17) is 9.26 Å². The second-order valence-corrected chi connectivity index (χ2v) is 9.24. The van der Waals surface area contributed by atoms with Crippen molar-refractivity contribution in [1.29, 1.82) is 0 Å². The van der Waals surface area contributed by atoms with Gasteiger partial charge in [0.2, 0.25) is 17.6 Å². The number of nitrogens with zero attached hydrogens (tertiary/aromatic N) is 3. The van der Waals surface area contributed by atoms with E-state index in [1.165, 1.54) is 18.4 Å². The average molecular weight is 448 g/mol. The first kappa shape index (κ1) is 23.0. The van der Waals surface area contributed by atoms with Gasteiger partial charge in [0.25, 0.3) is 0 Å². The Morgan fingerprint density at radius 2 is 1.79 bits per heavy atom. The number of carbonyl (C=O) groups excluding carboxylic acids is 1. The minimum atomic E-state index is 0.117. The van der Waals surface area contributed by atoms with Gasteiger partial charge in [-0.05, 0) is 54.9 Å². The number of rotatable bonds is 10. The Morgan fingerprint density at radius 1 is 1.09 bits per heavy atom. The molecule has 0 bridgehead atoms. The maximum atomic E-state index is 13.2. The lowest BCUT2D eigenvalue weighted by Gasteiger charge is -2.29. The molecule has 1 atom stereocenters. The topological polar surface area (TPSA) is 68.5 Å². The van der Waals surface area contributed by atoms with Crippen LogP contribution in [-0.2, 0) is 17.8 Å². The van der Waals surface area contributed by atoms with Crippen molar-refractivity contribution < 1.29 is 14.1 Å². The van der Waals surface area contributed by atoms with Gasteiger partial charge in [0.15, 0.2) is 0 Å². The van der Waals surface area contributed by atoms with E-state index in [-0.39, 0.29) is 11.9 Å². The standard InChI is InChI=1S/C27H33N3O3/c1-18(2)21-7-11-23(12-8-21)27-28-25(33-29-27)15-16-26(31)30(19(3)22-9-10-22)17-20-5-13-24(32-4)14-6-20/h5-8,11-14,18-19,22H,9-10,15-17H2,1-4H3. The second-order valence-electron chi connectivity index (χ2n) is 9.24. The zero-order valence-corrected chi connectivity index (χ0v) is 20.0. The van der Waals surface area contributed by atoms with Gasteiger partial charge in [-0.1, -0.05) is 55.4 Å². The van der Waals surface area contributed by atoms with Crippen LogP contribution in [0.2, 0.25) is 0 Å². The third-order valence-corrected chi connectivity index (χ3v) is 6.48. The summed E-state index contributed by atoms with van der Waals surface area (Å²) in [5, 5.41) is 4.12. The van der Waals surface area contributed by atoms with Crippen molar-refractivity contribution in [3.05, 3.63) is 65.5 Å². The molecule has 1 heterocycles. The fraction of sp³-hybridized carbons (Fsp3) is 0.444. The molecule has 0 aliphatic heterocycles. The number of ether oxygens (including phenoxy) is 1. The first-order valence-corrected chi connectivity index (χ1v) is 11.8. The Hall–Kier alpha value is -3.15. The largest absolute Gasteiger partial charge is 0.497 e. The molecule has 6 heteroatoms. The van der Waals surface area contributed by atoms with Crippen LogP contribution in [0.1, 0.15) is 63.0 Å². The molecule has 0 radical (unpaired) electrons. The van der Waals surface area contributed by atoms with Crippen LogP contribution in [0.25, 0.3) is 11.4 Å². The fourth-order valence-corrected chi connectivity index (χ4v) is 4.07. The Balaban J connectivity index is 1.39. The van der Waals surface area contributed by atoms with Gasteiger partial charge in [0.05, 0.1) is 7.11 Å². The summed E-state index contributed by atoms with van der Waals surface area (Å²) in [6.07, 6.45) is 3.17. The smallest absolute Gasteiger partial charge is 0.227 e. The summed E-state index contributed by atoms with van der Waals surface area (Å²) in [5.41, 5.74) is 3.29. The summed E-state index contributed by atoms with van der Waals surface area (Å²) in [5.74, 6) is 3.06. The van der Waals surface area contributed by atoms with Crippen LogP contribution in [0.15, 0.2) is 53.1 Å². The highest BCUT2D eigenvalue weighted by Gasteiger charge is 2.34. The third kappa shape index (κ3) is 5.81. The Kier molecular flexibility index (Phi) is 7.11. The number of amides is 1. The van der Waals surface area contributed by atoms with Crippen LogP contribution in [0, 0.1) is 5.92 Å². The normalized spacial score (nSPS) is 14.3. The second kappa shape index (κ2) is 10.2. The van der Waals surface area contributed by atoms with E-state index in [1.807, 2.05) is 41.3 Å². The maximum absolute atomic E-state index is 13.2. The number of hydrogen-bond donors (Lipinski definition) is 0. The van der Waals surface area contributed by atoms with Crippen molar-refractivity contribution >= 4 is 5.91 Å². The molecule has 1 unspecified atom stereocenters. The van der Waals surface area contributed by atoms with Gasteiger partial charge in [-0.25, -0.2) is 0 Å². The molecule has 0 N–H and O–H groups in total. The van der Waals surface area contributed by atoms with Crippen molar-refractivity contribution in [3.8, 4) is 17.1 Å². The molecule has 1 aliphatic carbocycles. The van der Waals surface area contributed by atoms with Crippen LogP contribution >= 0.6 is 0 Å². The number of benzene rings is 2. The van der Waals surface area contributed by atoms with Crippen LogP contribution in [0.4, 0.5) is 0 Å². The van der Waals surface area contributed by atoms with E-state index in [9.17, 15) is 4.79 Å². The van der Waals surface area contributed by atoms with Crippen molar-refractivity contribution in [2.45, 2.75) is 65.0 Å². The molecule has 6 nitrogen and oxygen atoms in total. The van der Waals surface area contributed by atoms with Gasteiger partial charge in [0, 0.05) is 31.0 Å². The summed E-state index contributed by atoms with van der Waals surface area (Å²) < 4.78 is 10.7. The highest BCUT2D eigenvalue weighted by molar-refractivity contribution is 5.76. The van der Waals surface area contributed by atoms with E-state index >= 15 is 0 Å². The molecule has 4 rings (SSSR count). The highest BCUT2D eigenvalue weighted by Crippen LogP contribution is 2.36. The van der Waals surface area contributed by atoms with E-state index in [0.29, 0.717) is 42.9 Å². The lowest BCUT2D eigenvalue weighted by Crippen LogP contribution is -2.39. The van der Waals surface area contributed by atoms with Crippen molar-refractivity contribution in [3.63, 3.8) is 0 Å². The average Bonchev–Trinajstić information content (AvgIpc) is 3.58. The van der Waals surface area contributed by atoms with Gasteiger partial charge >= 0.3 is 0 Å². The minimum Gasteiger partial charge on any atom is -0.497 e. The number of aromatic nitrogens is 2. The number of methoxy groups -OCH3 is 1. The SMILES string of the molecule is COc1ccc(CN(C(=O)CCc2nc(-c3ccc(C(C)C)cc3)no2)C(C)C2CC2)cc1. The molecule has 1 saturated carbocycles. The number of hydrogen-bond acceptors (Lipinski definition) is 5. The Morgan fingerprint density at radius 3 is 2.39 bits per heavy atom. The Bertz CT molecular complexity index is 1050. The number of carbonyl (C=O) groups is 1. The predicted molar refractivity (Wildman–Crippen MR) is 128 cm³/mol. The van der Waals surface area contributed by atoms with Crippen molar-refractivity contribution in [2.75, 3.05) is 7.11 Å². The first-order valence-electron chi connectivity index (χ1n) is 11.8. The van der Waals surface area contributed by atoms with Gasteiger partial charge < -0.3 is 14.2 Å². The molecule has 174 valence electrons. The summed E-state index contributed by atoms with van der Waals surface area (Å²) in [6, 6.07) is 16.4. The number of aryl methyl sites for hydroxylation is 1. The predicted octanol–water partition coefficient (Wildman–Crippen LogP) is 5.63. The lowest BCUT2D eigenvalue weighted by atomic mass is 10.0. The first-order chi connectivity index (χ1) is 15.9. The molecular formula is C27H33N3O3. The van der Waals surface area contributed by atoms with Gasteiger partial charge in [-0.2, -0.15) is 4.98 Å². The molecule has 1 fully saturated rings. The minimum absolute atomic E-state index is 0.117. The summed E-state index contributed by atoms with van der Waals surface area (Å²) in [7, 11) is 1.66. The molecule has 0 spiro atoms. The molecule has 33 heavy (non-hydrogen) atoms. The zero-order chi connectivity index (χ0) is 23.4. The fourth-order valence-electron chi connectivity index (χ4n) is 4.07. The van der Waals surface area contributed by atoms with Gasteiger partial charge in [-0.3, -0.25) is 4.79 Å². The van der Waals surface area contributed by atoms with E-state index in [0.717, 1.165) is 16.9 Å². The summed E-state index contributed by atoms with van der Waals surface area (Å²) in [6.45, 7) is 7.09. The quantitative estimate of drug-likeness (QED) is 0.403. The Labute approximate surface area is 196 Å². The van der Waals surface area contributed by atoms with Gasteiger partial charge in [0.1, 0.15) is 5.75 Å². The van der Waals surface area contributed by atoms with E-state index in [1.54, 1.807) is 7.11 Å². The van der Waals surface area contributed by atoms with Crippen molar-refractivity contribution in [1.82, 2.24) is 15.0 Å². The van der Waals surface area contributed by atoms with Crippen LogP contribution in [0.5, 0.6) is 5.75 Å². The molecule has 1 aliphatic rings.